The van der Waals surface area contributed by atoms with Gasteiger partial charge in [0, 0.05) is 35.8 Å². The molecule has 1 atom stereocenters. The molecule has 0 N–H and O–H groups in total. The highest BCUT2D eigenvalue weighted by atomic mass is 32.2. The van der Waals surface area contributed by atoms with Crippen molar-refractivity contribution in [3.63, 3.8) is 0 Å². The maximum atomic E-state index is 13.2. The first kappa shape index (κ1) is 21.7. The Morgan fingerprint density at radius 3 is 2.73 bits per heavy atom. The zero-order chi connectivity index (χ0) is 22.8. The molecular formula is C25H26N4O3S. The fourth-order valence-corrected chi connectivity index (χ4v) is 5.14. The van der Waals surface area contributed by atoms with E-state index in [0.717, 1.165) is 48.6 Å². The zero-order valence-electron chi connectivity index (χ0n) is 18.7. The number of Topliss-reactive ketones (excluding diaryl/α,β-unsaturated/α-hetero) is 1. The molecule has 1 aliphatic heterocycles. The zero-order valence-corrected chi connectivity index (χ0v) is 19.5. The molecule has 0 aliphatic carbocycles. The lowest BCUT2D eigenvalue weighted by Gasteiger charge is -2.14. The van der Waals surface area contributed by atoms with Crippen molar-refractivity contribution in [3.8, 4) is 17.3 Å². The Balaban J connectivity index is 1.37. The van der Waals surface area contributed by atoms with Crippen LogP contribution in [0.2, 0.25) is 0 Å². The number of nitrogens with zero attached hydrogens (tertiary/aromatic N) is 4. The Morgan fingerprint density at radius 2 is 2.00 bits per heavy atom. The first-order valence-electron chi connectivity index (χ1n) is 11.1. The number of carbonyl (C=O) groups excluding carboxylic acids is 1. The normalized spacial score (nSPS) is 15.9. The van der Waals surface area contributed by atoms with Crippen LogP contribution in [-0.4, -0.2) is 43.6 Å². The highest BCUT2D eigenvalue weighted by Gasteiger charge is 2.23. The maximum Gasteiger partial charge on any atom is 0.205 e. The van der Waals surface area contributed by atoms with Crippen molar-refractivity contribution in [1.82, 2.24) is 19.3 Å². The Bertz CT molecular complexity index is 1240. The Hall–Kier alpha value is -3.10. The monoisotopic (exact) mass is 462 g/mol. The average Bonchev–Trinajstić information content (AvgIpc) is 3.63. The highest BCUT2D eigenvalue weighted by molar-refractivity contribution is 7.99. The SMILES string of the molecule is Cc1cc(C(=O)CSc2nnc(-c3ccco3)n2-c2ccccc2)c(C)n1CC1CCCO1. The summed E-state index contributed by atoms with van der Waals surface area (Å²) in [5, 5.41) is 9.36. The molecule has 4 aromatic rings. The smallest absolute Gasteiger partial charge is 0.205 e. The first-order chi connectivity index (χ1) is 16.1. The van der Waals surface area contributed by atoms with E-state index in [1.807, 2.05) is 66.9 Å². The summed E-state index contributed by atoms with van der Waals surface area (Å²) in [5.74, 6) is 1.58. The van der Waals surface area contributed by atoms with Gasteiger partial charge in [-0.15, -0.1) is 10.2 Å². The largest absolute Gasteiger partial charge is 0.461 e. The van der Waals surface area contributed by atoms with Gasteiger partial charge in [-0.05, 0) is 57.0 Å². The third-order valence-corrected chi connectivity index (χ3v) is 6.93. The fraction of sp³-hybridized carbons (Fsp3) is 0.320. The quantitative estimate of drug-likeness (QED) is 0.268. The number of aryl methyl sites for hydroxylation is 1. The molecule has 0 bridgehead atoms. The molecule has 4 heterocycles. The summed E-state index contributed by atoms with van der Waals surface area (Å²) in [4.78, 5) is 13.2. The highest BCUT2D eigenvalue weighted by Crippen LogP contribution is 2.29. The number of hydrogen-bond donors (Lipinski definition) is 0. The number of benzene rings is 1. The van der Waals surface area contributed by atoms with Crippen molar-refractivity contribution in [1.29, 1.82) is 0 Å². The Kier molecular flexibility index (Phi) is 6.20. The third-order valence-electron chi connectivity index (χ3n) is 6.01. The molecule has 1 aliphatic rings. The number of hydrogen-bond acceptors (Lipinski definition) is 6. The van der Waals surface area contributed by atoms with Crippen LogP contribution < -0.4 is 0 Å². The molecule has 0 amide bonds. The van der Waals surface area contributed by atoms with Crippen LogP contribution in [0.5, 0.6) is 0 Å². The van der Waals surface area contributed by atoms with E-state index >= 15 is 0 Å². The van der Waals surface area contributed by atoms with Gasteiger partial charge in [-0.25, -0.2) is 0 Å². The lowest BCUT2D eigenvalue weighted by Crippen LogP contribution is -2.17. The molecule has 5 rings (SSSR count). The number of carbonyl (C=O) groups is 1. The van der Waals surface area contributed by atoms with Crippen LogP contribution in [0.1, 0.15) is 34.6 Å². The van der Waals surface area contributed by atoms with Gasteiger partial charge in [-0.1, -0.05) is 30.0 Å². The van der Waals surface area contributed by atoms with Gasteiger partial charge in [0.1, 0.15) is 0 Å². The van der Waals surface area contributed by atoms with Gasteiger partial charge in [0.25, 0.3) is 0 Å². The van der Waals surface area contributed by atoms with E-state index in [2.05, 4.69) is 14.8 Å². The van der Waals surface area contributed by atoms with Gasteiger partial charge in [0.05, 0.1) is 18.1 Å². The van der Waals surface area contributed by atoms with E-state index in [9.17, 15) is 4.79 Å². The molecule has 1 fully saturated rings. The number of aromatic nitrogens is 4. The van der Waals surface area contributed by atoms with E-state index in [1.54, 1.807) is 6.26 Å². The van der Waals surface area contributed by atoms with Crippen LogP contribution in [0.15, 0.2) is 64.4 Å². The van der Waals surface area contributed by atoms with Gasteiger partial charge in [0.2, 0.25) is 5.82 Å². The van der Waals surface area contributed by atoms with Crippen LogP contribution in [0.3, 0.4) is 0 Å². The first-order valence-corrected chi connectivity index (χ1v) is 12.1. The molecule has 8 heteroatoms. The molecule has 1 saturated heterocycles. The summed E-state index contributed by atoms with van der Waals surface area (Å²) in [6.45, 7) is 5.69. The van der Waals surface area contributed by atoms with Crippen molar-refractivity contribution >= 4 is 17.5 Å². The Morgan fingerprint density at radius 1 is 1.15 bits per heavy atom. The molecule has 0 saturated carbocycles. The second kappa shape index (κ2) is 9.41. The molecule has 1 aromatic carbocycles. The summed E-state index contributed by atoms with van der Waals surface area (Å²) in [6.07, 6.45) is 4.02. The number of rotatable bonds is 8. The fourth-order valence-electron chi connectivity index (χ4n) is 4.30. The molecule has 1 unspecified atom stereocenters. The minimum Gasteiger partial charge on any atom is -0.461 e. The van der Waals surface area contributed by atoms with Crippen LogP contribution in [0, 0.1) is 13.8 Å². The molecule has 7 nitrogen and oxygen atoms in total. The van der Waals surface area contributed by atoms with Gasteiger partial charge < -0.3 is 13.7 Å². The molecule has 0 radical (unpaired) electrons. The van der Waals surface area contributed by atoms with Crippen molar-refractivity contribution < 1.29 is 13.9 Å². The average molecular weight is 463 g/mol. The molecular weight excluding hydrogens is 436 g/mol. The van der Waals surface area contributed by atoms with E-state index in [0.29, 0.717) is 16.7 Å². The predicted molar refractivity (Wildman–Crippen MR) is 127 cm³/mol. The van der Waals surface area contributed by atoms with Crippen LogP contribution >= 0.6 is 11.8 Å². The maximum absolute atomic E-state index is 13.2. The van der Waals surface area contributed by atoms with E-state index in [1.165, 1.54) is 11.8 Å². The summed E-state index contributed by atoms with van der Waals surface area (Å²) in [7, 11) is 0. The van der Waals surface area contributed by atoms with Crippen molar-refractivity contribution in [2.24, 2.45) is 0 Å². The summed E-state index contributed by atoms with van der Waals surface area (Å²) in [6, 6.07) is 15.5. The minimum atomic E-state index is 0.0776. The lowest BCUT2D eigenvalue weighted by molar-refractivity contribution is 0.0957. The number of ketones is 1. The van der Waals surface area contributed by atoms with Crippen molar-refractivity contribution in [2.75, 3.05) is 12.4 Å². The van der Waals surface area contributed by atoms with E-state index < -0.39 is 0 Å². The summed E-state index contributed by atoms with van der Waals surface area (Å²) < 4.78 is 15.5. The van der Waals surface area contributed by atoms with Crippen LogP contribution in [-0.2, 0) is 11.3 Å². The van der Waals surface area contributed by atoms with Gasteiger partial charge in [-0.3, -0.25) is 9.36 Å². The second-order valence-electron chi connectivity index (χ2n) is 8.20. The summed E-state index contributed by atoms with van der Waals surface area (Å²) in [5.41, 5.74) is 3.76. The van der Waals surface area contributed by atoms with E-state index in [-0.39, 0.29) is 17.6 Å². The van der Waals surface area contributed by atoms with Gasteiger partial charge >= 0.3 is 0 Å². The number of para-hydroxylation sites is 1. The number of ether oxygens (including phenoxy) is 1. The standard InChI is InChI=1S/C25H26N4O3S/c1-17-14-21(18(2)28(17)15-20-10-6-12-31-20)22(30)16-33-25-27-26-24(23-11-7-13-32-23)29(25)19-8-4-3-5-9-19/h3-5,7-9,11,13-14,20H,6,10,12,15-16H2,1-2H3. The summed E-state index contributed by atoms with van der Waals surface area (Å²) >= 11 is 1.38. The lowest BCUT2D eigenvalue weighted by atomic mass is 10.2. The van der Waals surface area contributed by atoms with Gasteiger partial charge in [0.15, 0.2) is 16.7 Å². The number of thioether (sulfide) groups is 1. The predicted octanol–water partition coefficient (Wildman–Crippen LogP) is 5.10. The van der Waals surface area contributed by atoms with Crippen molar-refractivity contribution in [2.45, 2.75) is 44.5 Å². The van der Waals surface area contributed by atoms with Crippen molar-refractivity contribution in [3.05, 3.63) is 71.7 Å². The molecule has 0 spiro atoms. The Labute approximate surface area is 196 Å². The van der Waals surface area contributed by atoms with Crippen LogP contribution in [0.25, 0.3) is 17.3 Å². The molecule has 170 valence electrons. The third kappa shape index (κ3) is 4.41. The topological polar surface area (TPSA) is 75.1 Å². The molecule has 3 aromatic heterocycles. The van der Waals surface area contributed by atoms with Crippen LogP contribution in [0.4, 0.5) is 0 Å². The minimum absolute atomic E-state index is 0.0776. The molecule has 33 heavy (non-hydrogen) atoms. The second-order valence-corrected chi connectivity index (χ2v) is 9.14. The van der Waals surface area contributed by atoms with Gasteiger partial charge in [-0.2, -0.15) is 0 Å². The van der Waals surface area contributed by atoms with E-state index in [4.69, 9.17) is 9.15 Å². The number of furan rings is 1.